The van der Waals surface area contributed by atoms with Crippen LogP contribution in [0.15, 0.2) is 18.2 Å². The Morgan fingerprint density at radius 3 is 2.88 bits per heavy atom. The van der Waals surface area contributed by atoms with Crippen LogP contribution >= 0.6 is 0 Å². The van der Waals surface area contributed by atoms with Crippen molar-refractivity contribution in [3.8, 4) is 5.75 Å². The van der Waals surface area contributed by atoms with Crippen LogP contribution < -0.4 is 4.74 Å². The maximum atomic E-state index is 13.5. The van der Waals surface area contributed by atoms with E-state index >= 15 is 0 Å². The molecule has 3 rings (SSSR count). The van der Waals surface area contributed by atoms with Crippen LogP contribution in [0.2, 0.25) is 0 Å². The molecule has 2 aliphatic rings. The van der Waals surface area contributed by atoms with Gasteiger partial charge in [-0.15, -0.1) is 0 Å². The fourth-order valence-electron chi connectivity index (χ4n) is 3.75. The van der Waals surface area contributed by atoms with Crippen molar-refractivity contribution >= 4 is 5.97 Å². The predicted molar refractivity (Wildman–Crippen MR) is 83.7 cm³/mol. The molecular formula is C17H22FNO5. The van der Waals surface area contributed by atoms with E-state index in [4.69, 9.17) is 14.2 Å². The molecule has 0 spiro atoms. The highest BCUT2D eigenvalue weighted by atomic mass is 19.1. The molecule has 1 aromatic rings. The number of aromatic carboxylic acids is 1. The molecule has 0 amide bonds. The van der Waals surface area contributed by atoms with Gasteiger partial charge in [-0.1, -0.05) is 0 Å². The fourth-order valence-corrected chi connectivity index (χ4v) is 3.75. The number of hydrogen-bond acceptors (Lipinski definition) is 5. The Bertz CT molecular complexity index is 611. The number of rotatable bonds is 6. The summed E-state index contributed by atoms with van der Waals surface area (Å²) in [5, 5.41) is 9.24. The van der Waals surface area contributed by atoms with Crippen LogP contribution in [0.1, 0.15) is 29.6 Å². The molecular weight excluding hydrogens is 317 g/mol. The van der Waals surface area contributed by atoms with Crippen molar-refractivity contribution in [1.82, 2.24) is 4.90 Å². The molecule has 0 radical (unpaired) electrons. The third-order valence-electron chi connectivity index (χ3n) is 4.94. The van der Waals surface area contributed by atoms with Crippen LogP contribution in [0.5, 0.6) is 5.75 Å². The van der Waals surface area contributed by atoms with Crippen LogP contribution in [-0.2, 0) is 9.47 Å². The average molecular weight is 339 g/mol. The standard InChI is InChI=1S/C17H22FNO5/c1-19-11-6-12(8-14(19)16(7-11)23-9-22-2)24-15-5-10(18)3-4-13(15)17(20)21/h3-5,11-12,14,16H,6-9H2,1-2H3,(H,20,21)/t11?,12?,14?,16-/m1/s1. The van der Waals surface area contributed by atoms with E-state index in [9.17, 15) is 14.3 Å². The molecule has 132 valence electrons. The summed E-state index contributed by atoms with van der Waals surface area (Å²) in [5.74, 6) is -1.54. The van der Waals surface area contributed by atoms with Gasteiger partial charge in [0.25, 0.3) is 0 Å². The third-order valence-corrected chi connectivity index (χ3v) is 4.94. The van der Waals surface area contributed by atoms with Gasteiger partial charge in [-0.2, -0.15) is 0 Å². The summed E-state index contributed by atoms with van der Waals surface area (Å²) < 4.78 is 30.1. The van der Waals surface area contributed by atoms with E-state index in [0.717, 1.165) is 25.0 Å². The molecule has 0 aliphatic carbocycles. The smallest absolute Gasteiger partial charge is 0.339 e. The number of hydrogen-bond donors (Lipinski definition) is 1. The first-order valence-electron chi connectivity index (χ1n) is 8.01. The number of methoxy groups -OCH3 is 1. The maximum absolute atomic E-state index is 13.5. The number of likely N-dealkylation sites (N-methyl/N-ethyl adjacent to an activating group) is 1. The summed E-state index contributed by atoms with van der Waals surface area (Å²) in [6.45, 7) is 0.250. The molecule has 0 aromatic heterocycles. The molecule has 2 saturated heterocycles. The number of piperidine rings is 1. The van der Waals surface area contributed by atoms with Crippen molar-refractivity contribution in [3.05, 3.63) is 29.6 Å². The molecule has 0 saturated carbocycles. The van der Waals surface area contributed by atoms with Crippen LogP contribution in [0.3, 0.4) is 0 Å². The minimum Gasteiger partial charge on any atom is -0.489 e. The van der Waals surface area contributed by atoms with Crippen molar-refractivity contribution < 1.29 is 28.5 Å². The Hall–Kier alpha value is -1.70. The lowest BCUT2D eigenvalue weighted by molar-refractivity contribution is -0.0843. The number of carboxylic acids is 1. The zero-order valence-electron chi connectivity index (χ0n) is 13.8. The van der Waals surface area contributed by atoms with E-state index in [1.54, 1.807) is 7.11 Å². The number of halogens is 1. The molecule has 2 aliphatic heterocycles. The zero-order chi connectivity index (χ0) is 17.3. The second kappa shape index (κ2) is 7.04. The largest absolute Gasteiger partial charge is 0.489 e. The van der Waals surface area contributed by atoms with E-state index in [-0.39, 0.29) is 36.4 Å². The molecule has 3 unspecified atom stereocenters. The molecule has 6 nitrogen and oxygen atoms in total. The predicted octanol–water partition coefficient (Wildman–Crippen LogP) is 2.13. The second-order valence-corrected chi connectivity index (χ2v) is 6.39. The van der Waals surface area contributed by atoms with Gasteiger partial charge < -0.3 is 19.3 Å². The minimum absolute atomic E-state index is 0.0187. The first kappa shape index (κ1) is 17.1. The maximum Gasteiger partial charge on any atom is 0.339 e. The van der Waals surface area contributed by atoms with Crippen molar-refractivity contribution in [2.24, 2.45) is 0 Å². The van der Waals surface area contributed by atoms with Gasteiger partial charge in [0.15, 0.2) is 0 Å². The van der Waals surface area contributed by atoms with Crippen LogP contribution in [0.25, 0.3) is 0 Å². The van der Waals surface area contributed by atoms with Crippen LogP contribution in [0, 0.1) is 5.82 Å². The van der Waals surface area contributed by atoms with Gasteiger partial charge >= 0.3 is 5.97 Å². The Morgan fingerprint density at radius 2 is 2.17 bits per heavy atom. The molecule has 24 heavy (non-hydrogen) atoms. The number of carboxylic acid groups (broad SMARTS) is 1. The molecule has 1 N–H and O–H groups in total. The molecule has 4 atom stereocenters. The Kier molecular flexibility index (Phi) is 5.03. The molecule has 2 heterocycles. The number of carbonyl (C=O) groups is 1. The Morgan fingerprint density at radius 1 is 1.38 bits per heavy atom. The van der Waals surface area contributed by atoms with Crippen molar-refractivity contribution in [3.63, 3.8) is 0 Å². The zero-order valence-corrected chi connectivity index (χ0v) is 13.8. The summed E-state index contributed by atoms with van der Waals surface area (Å²) >= 11 is 0. The monoisotopic (exact) mass is 339 g/mol. The summed E-state index contributed by atoms with van der Waals surface area (Å²) in [6, 6.07) is 4.00. The van der Waals surface area contributed by atoms with E-state index in [1.165, 1.54) is 6.07 Å². The number of nitrogens with zero attached hydrogens (tertiary/aromatic N) is 1. The van der Waals surface area contributed by atoms with Gasteiger partial charge in [0, 0.05) is 31.7 Å². The van der Waals surface area contributed by atoms with Crippen molar-refractivity contribution in [1.29, 1.82) is 0 Å². The van der Waals surface area contributed by atoms with Gasteiger partial charge in [-0.05, 0) is 32.0 Å². The quantitative estimate of drug-likeness (QED) is 0.801. The Labute approximate surface area is 140 Å². The first-order chi connectivity index (χ1) is 11.5. The summed E-state index contributed by atoms with van der Waals surface area (Å²) in [6.07, 6.45) is 2.26. The van der Waals surface area contributed by atoms with Gasteiger partial charge in [0.2, 0.25) is 0 Å². The SMILES string of the molecule is COCO[C@@H]1CC2CC(Oc3cc(F)ccc3C(=O)O)CC1N2C. The van der Waals surface area contributed by atoms with Gasteiger partial charge in [0.1, 0.15) is 30.0 Å². The lowest BCUT2D eigenvalue weighted by Gasteiger charge is -2.37. The second-order valence-electron chi connectivity index (χ2n) is 6.39. The highest BCUT2D eigenvalue weighted by molar-refractivity contribution is 5.90. The summed E-state index contributed by atoms with van der Waals surface area (Å²) in [5.41, 5.74) is -0.0187. The average Bonchev–Trinajstić information content (AvgIpc) is 2.70. The molecule has 7 heteroatoms. The lowest BCUT2D eigenvalue weighted by Crippen LogP contribution is -2.46. The summed E-state index contributed by atoms with van der Waals surface area (Å²) in [4.78, 5) is 13.6. The molecule has 1 aromatic carbocycles. The van der Waals surface area contributed by atoms with Crippen LogP contribution in [0.4, 0.5) is 4.39 Å². The highest BCUT2D eigenvalue weighted by Crippen LogP contribution is 2.38. The lowest BCUT2D eigenvalue weighted by atomic mass is 10.00. The van der Waals surface area contributed by atoms with Crippen molar-refractivity contribution in [2.45, 2.75) is 43.6 Å². The first-order valence-corrected chi connectivity index (χ1v) is 8.01. The fraction of sp³-hybridized carbons (Fsp3) is 0.588. The third kappa shape index (κ3) is 3.38. The van der Waals surface area contributed by atoms with Crippen LogP contribution in [-0.4, -0.2) is 61.2 Å². The normalized spacial score (nSPS) is 29.6. The Balaban J connectivity index is 1.72. The van der Waals surface area contributed by atoms with E-state index in [2.05, 4.69) is 11.9 Å². The van der Waals surface area contributed by atoms with Crippen molar-refractivity contribution in [2.75, 3.05) is 21.0 Å². The molecule has 2 fully saturated rings. The van der Waals surface area contributed by atoms with E-state index in [0.29, 0.717) is 12.5 Å². The van der Waals surface area contributed by atoms with Gasteiger partial charge in [-0.25, -0.2) is 9.18 Å². The number of benzene rings is 1. The molecule has 2 bridgehead atoms. The number of fused-ring (bicyclic) bond motifs is 2. The van der Waals surface area contributed by atoms with E-state index < -0.39 is 11.8 Å². The van der Waals surface area contributed by atoms with Gasteiger partial charge in [0.05, 0.1) is 6.10 Å². The summed E-state index contributed by atoms with van der Waals surface area (Å²) in [7, 11) is 3.65. The highest BCUT2D eigenvalue weighted by Gasteiger charge is 2.46. The minimum atomic E-state index is -1.12. The van der Waals surface area contributed by atoms with E-state index in [1.807, 2.05) is 0 Å². The van der Waals surface area contributed by atoms with Gasteiger partial charge in [-0.3, -0.25) is 4.90 Å². The number of ether oxygens (including phenoxy) is 3. The topological polar surface area (TPSA) is 68.2 Å².